The van der Waals surface area contributed by atoms with E-state index in [0.29, 0.717) is 0 Å². The van der Waals surface area contributed by atoms with E-state index in [9.17, 15) is 0 Å². The summed E-state index contributed by atoms with van der Waals surface area (Å²) in [7, 11) is 0. The molecular formula is C61H55N5OPt. The Balaban J connectivity index is 1.03. The van der Waals surface area contributed by atoms with Gasteiger partial charge in [-0.05, 0) is 23.1 Å². The number of ether oxygens (including phenoxy) is 1. The summed E-state index contributed by atoms with van der Waals surface area (Å²) in [6.45, 7) is 22.7. The molecule has 0 aliphatic carbocycles. The first kappa shape index (κ1) is 42.6. The van der Waals surface area contributed by atoms with Crippen LogP contribution in [0.5, 0.6) is 11.5 Å². The normalized spacial score (nSPS) is 12.9. The fourth-order valence-corrected chi connectivity index (χ4v) is 11.5. The van der Waals surface area contributed by atoms with E-state index in [2.05, 4.69) is 252 Å². The van der Waals surface area contributed by atoms with Crippen LogP contribution in [0.2, 0.25) is 0 Å². The van der Waals surface area contributed by atoms with Crippen LogP contribution in [0.4, 0.5) is 0 Å². The van der Waals surface area contributed by atoms with Crippen LogP contribution >= 0.6 is 0 Å². The van der Waals surface area contributed by atoms with Gasteiger partial charge in [-0.25, -0.2) is 0 Å². The molecule has 0 atom stereocenters. The van der Waals surface area contributed by atoms with Crippen molar-refractivity contribution >= 4 is 70.9 Å². The zero-order valence-electron chi connectivity index (χ0n) is 40.4. The molecular weight excluding hydrogens is 1010 g/mol. The molecule has 5 aromatic heterocycles. The second-order valence-corrected chi connectivity index (χ2v) is 22.8. The summed E-state index contributed by atoms with van der Waals surface area (Å²) in [6.07, 6.45) is 1.95. The first-order valence-electron chi connectivity index (χ1n) is 23.7. The molecule has 0 aliphatic rings. The summed E-state index contributed by atoms with van der Waals surface area (Å²) in [6, 6.07) is 53.7. The third-order valence-electron chi connectivity index (χ3n) is 14.2. The van der Waals surface area contributed by atoms with Crippen LogP contribution in [0, 0.1) is 10.7 Å². The molecule has 0 saturated carbocycles. The Morgan fingerprint density at radius 2 is 1.03 bits per heavy atom. The van der Waals surface area contributed by atoms with Crippen LogP contribution in [0.15, 0.2) is 152 Å². The molecule has 0 radical (unpaired) electrons. The second-order valence-electron chi connectivity index (χ2n) is 21.8. The largest absolute Gasteiger partial charge is 0.0620 e. The maximum atomic E-state index is 7.04. The predicted octanol–water partition coefficient (Wildman–Crippen LogP) is 16.1. The molecule has 12 rings (SSSR count). The number of para-hydroxylation sites is 4. The molecule has 0 N–H and O–H groups in total. The van der Waals surface area contributed by atoms with Crippen molar-refractivity contribution in [3.05, 3.63) is 178 Å². The topological polar surface area (TPSA) is 41.3 Å². The van der Waals surface area contributed by atoms with Gasteiger partial charge in [-0.15, -0.1) is 0 Å². The van der Waals surface area contributed by atoms with Crippen molar-refractivity contribution in [2.75, 3.05) is 0 Å². The number of imidazole rings is 1. The third kappa shape index (κ3) is 6.55. The van der Waals surface area contributed by atoms with Gasteiger partial charge in [0.2, 0.25) is 0 Å². The number of rotatable bonds is 5. The van der Waals surface area contributed by atoms with Crippen LogP contribution in [-0.4, -0.2) is 23.1 Å². The van der Waals surface area contributed by atoms with Crippen LogP contribution in [0.3, 0.4) is 0 Å². The number of fused-ring (bicyclic) bond motifs is 10. The van der Waals surface area contributed by atoms with Gasteiger partial charge in [-0.2, -0.15) is 0 Å². The second kappa shape index (κ2) is 14.9. The average molecular weight is 1070 g/mol. The number of hydrogen-bond acceptors (Lipinski definition) is 2. The average Bonchev–Trinajstić information content (AvgIpc) is 4.01. The van der Waals surface area contributed by atoms with E-state index in [0.717, 1.165) is 59.8 Å². The monoisotopic (exact) mass is 1070 g/mol. The minimum atomic E-state index is -0.0557. The summed E-state index contributed by atoms with van der Waals surface area (Å²) < 4.78 is 17.7. The van der Waals surface area contributed by atoms with E-state index >= 15 is 0 Å². The van der Waals surface area contributed by atoms with Gasteiger partial charge in [0.05, 0.1) is 16.6 Å². The SMILES string of the molecule is Cc1ccc(-n2[c](=[Pt])n(-c3cc(C(C)(C)C)cc(C(C)(C)C)c3)c3ccccc32)cc1Oc1ccc2c3cc4c5cccc6c7ccccc7n(c4cc3n(-c3cc(C(C)(C)C)ccn3)c2c1)c65. The van der Waals surface area contributed by atoms with Crippen molar-refractivity contribution in [2.24, 2.45) is 0 Å². The van der Waals surface area contributed by atoms with Crippen LogP contribution in [-0.2, 0) is 35.6 Å². The molecule has 12 aromatic rings. The first-order valence-corrected chi connectivity index (χ1v) is 24.8. The van der Waals surface area contributed by atoms with Crippen molar-refractivity contribution in [3.63, 3.8) is 0 Å². The van der Waals surface area contributed by atoms with Crippen molar-refractivity contribution < 1.29 is 24.1 Å². The summed E-state index contributed by atoms with van der Waals surface area (Å²) in [5.74, 6) is 2.46. The molecule has 0 unspecified atom stereocenters. The van der Waals surface area contributed by atoms with Gasteiger partial charge in [0.25, 0.3) is 0 Å². The van der Waals surface area contributed by atoms with Gasteiger partial charge >= 0.3 is 281 Å². The van der Waals surface area contributed by atoms with Gasteiger partial charge in [0.1, 0.15) is 0 Å². The van der Waals surface area contributed by atoms with Crippen LogP contribution in [0.25, 0.3) is 88.1 Å². The number of aromatic nitrogens is 5. The Bertz CT molecular complexity index is 4070. The minimum Gasteiger partial charge on any atom is 0.0620 e. The summed E-state index contributed by atoms with van der Waals surface area (Å²) in [4.78, 5) is 5.08. The maximum absolute atomic E-state index is 7.04. The van der Waals surface area contributed by atoms with Crippen LogP contribution < -0.4 is 4.74 Å². The molecule has 0 spiro atoms. The number of nitrogens with zero attached hydrogens (tertiary/aromatic N) is 5. The zero-order valence-corrected chi connectivity index (χ0v) is 42.7. The third-order valence-corrected chi connectivity index (χ3v) is 15.2. The molecule has 5 heterocycles. The van der Waals surface area contributed by atoms with E-state index in [-0.39, 0.29) is 16.2 Å². The molecule has 0 bridgehead atoms. The first-order chi connectivity index (χ1) is 32.4. The van der Waals surface area contributed by atoms with Gasteiger partial charge in [-0.3, -0.25) is 0 Å². The van der Waals surface area contributed by atoms with Gasteiger partial charge in [0, 0.05) is 27.7 Å². The van der Waals surface area contributed by atoms with Gasteiger partial charge in [0.15, 0.2) is 0 Å². The molecule has 340 valence electrons. The minimum absolute atomic E-state index is 0.00845. The Kier molecular flexibility index (Phi) is 9.32. The van der Waals surface area contributed by atoms with Crippen molar-refractivity contribution in [2.45, 2.75) is 85.5 Å². The van der Waals surface area contributed by atoms with E-state index in [1.54, 1.807) is 0 Å². The fraction of sp³-hybridized carbons (Fsp3) is 0.213. The van der Waals surface area contributed by atoms with Crippen molar-refractivity contribution in [3.8, 4) is 28.7 Å². The molecule has 68 heavy (non-hydrogen) atoms. The Morgan fingerprint density at radius 3 is 1.72 bits per heavy atom. The maximum Gasteiger partial charge on any atom is 0.0620 e. The molecule has 7 heteroatoms. The number of aryl methyl sites for hydroxylation is 1. The standard InChI is InChI=1S/C61H55N5O.Pt/c1-37-22-23-41(63-36-64(52-21-14-13-20-51(52)63)42-29-39(60(5,6)7)28-40(30-42)61(8,9)10)32-56(37)67-43-24-25-45-48-34-49-47-18-15-17-46-44-16-11-12-19-50(44)66(58(46)47)55(49)35-54(48)65(53(45)33-43)57-31-38(26-27-62-57)59(2,3)4;/h11-35H,1-10H3;. The fourth-order valence-electron chi connectivity index (χ4n) is 10.4. The Hall–Kier alpha value is -6.75. The smallest absolute Gasteiger partial charge is 0.0620 e. The molecule has 6 nitrogen and oxygen atoms in total. The number of hydrogen-bond donors (Lipinski definition) is 0. The zero-order chi connectivity index (χ0) is 47.2. The molecule has 0 aliphatic heterocycles. The molecule has 0 saturated heterocycles. The predicted molar refractivity (Wildman–Crippen MR) is 280 cm³/mol. The number of pyridine rings is 1. The van der Waals surface area contributed by atoms with E-state index in [1.807, 2.05) is 6.20 Å². The van der Waals surface area contributed by atoms with E-state index in [1.165, 1.54) is 65.9 Å². The molecule has 0 amide bonds. The van der Waals surface area contributed by atoms with E-state index < -0.39 is 0 Å². The van der Waals surface area contributed by atoms with Gasteiger partial charge in [-0.1, -0.05) is 57.2 Å². The molecule has 7 aromatic carbocycles. The van der Waals surface area contributed by atoms with Gasteiger partial charge < -0.3 is 4.40 Å². The number of benzene rings is 7. The summed E-state index contributed by atoms with van der Waals surface area (Å²) >= 11 is 2.51. The van der Waals surface area contributed by atoms with Crippen molar-refractivity contribution in [1.29, 1.82) is 0 Å². The quantitative estimate of drug-likeness (QED) is 0.172. The summed E-state index contributed by atoms with van der Waals surface area (Å²) in [5.41, 5.74) is 15.2. The molecule has 0 fully saturated rings. The Morgan fingerprint density at radius 1 is 0.441 bits per heavy atom. The summed E-state index contributed by atoms with van der Waals surface area (Å²) in [5, 5.41) is 7.41. The Labute approximate surface area is 407 Å². The van der Waals surface area contributed by atoms with E-state index in [4.69, 9.17) is 9.72 Å². The van der Waals surface area contributed by atoms with Crippen molar-refractivity contribution in [1.82, 2.24) is 23.1 Å². The van der Waals surface area contributed by atoms with Crippen LogP contribution in [0.1, 0.15) is 84.6 Å².